The Kier molecular flexibility index (Phi) is 5.37. The normalized spacial score (nSPS) is 15.5. The zero-order valence-electron chi connectivity index (χ0n) is 11.0. The molecule has 6 heteroatoms. The van der Waals surface area contributed by atoms with E-state index < -0.39 is 11.8 Å². The van der Waals surface area contributed by atoms with Gasteiger partial charge >= 0.3 is 5.97 Å². The van der Waals surface area contributed by atoms with Crippen LogP contribution in [-0.2, 0) is 4.74 Å². The van der Waals surface area contributed by atoms with Gasteiger partial charge in [-0.1, -0.05) is 12.8 Å². The second kappa shape index (κ2) is 7.04. The van der Waals surface area contributed by atoms with Crippen LogP contribution in [0.15, 0.2) is 16.6 Å². The predicted octanol–water partition coefficient (Wildman–Crippen LogP) is 3.66. The van der Waals surface area contributed by atoms with Gasteiger partial charge in [0, 0.05) is 6.54 Å². The number of rotatable bonds is 6. The fourth-order valence-electron chi connectivity index (χ4n) is 2.32. The molecule has 20 heavy (non-hydrogen) atoms. The minimum absolute atomic E-state index is 0.0355. The van der Waals surface area contributed by atoms with Gasteiger partial charge < -0.3 is 15.2 Å². The molecule has 0 bridgehead atoms. The zero-order chi connectivity index (χ0) is 14.5. The van der Waals surface area contributed by atoms with Crippen molar-refractivity contribution in [3.8, 4) is 0 Å². The van der Waals surface area contributed by atoms with Crippen molar-refractivity contribution in [1.29, 1.82) is 0 Å². The maximum Gasteiger partial charge on any atom is 0.336 e. The number of carbonyl (C=O) groups is 1. The summed E-state index contributed by atoms with van der Waals surface area (Å²) in [7, 11) is 0. The van der Waals surface area contributed by atoms with E-state index in [4.69, 9.17) is 9.84 Å². The summed E-state index contributed by atoms with van der Waals surface area (Å²) in [5, 5.41) is 11.8. The molecule has 0 saturated heterocycles. The second-order valence-electron chi connectivity index (χ2n) is 4.80. The van der Waals surface area contributed by atoms with Crippen molar-refractivity contribution in [2.24, 2.45) is 0 Å². The fraction of sp³-hybridized carbons (Fsp3) is 0.500. The summed E-state index contributed by atoms with van der Waals surface area (Å²) >= 11 is 2.97. The summed E-state index contributed by atoms with van der Waals surface area (Å²) in [6.45, 7) is 1.01. The van der Waals surface area contributed by atoms with E-state index in [1.807, 2.05) is 0 Å². The van der Waals surface area contributed by atoms with Crippen LogP contribution in [0.4, 0.5) is 10.1 Å². The van der Waals surface area contributed by atoms with Crippen LogP contribution in [0.5, 0.6) is 0 Å². The summed E-state index contributed by atoms with van der Waals surface area (Å²) < 4.78 is 19.6. The van der Waals surface area contributed by atoms with Crippen molar-refractivity contribution in [2.45, 2.75) is 31.8 Å². The van der Waals surface area contributed by atoms with E-state index in [0.717, 1.165) is 12.8 Å². The molecule has 1 aromatic rings. The van der Waals surface area contributed by atoms with E-state index in [0.29, 0.717) is 19.3 Å². The van der Waals surface area contributed by atoms with Gasteiger partial charge in [-0.25, -0.2) is 9.18 Å². The molecule has 0 atom stereocenters. The number of ether oxygens (including phenoxy) is 1. The zero-order valence-corrected chi connectivity index (χ0v) is 12.6. The molecule has 2 rings (SSSR count). The summed E-state index contributed by atoms with van der Waals surface area (Å²) in [5.41, 5.74) is 0.187. The number of hydrogen-bond donors (Lipinski definition) is 2. The molecule has 1 fully saturated rings. The summed E-state index contributed by atoms with van der Waals surface area (Å²) in [6.07, 6.45) is 4.98. The van der Waals surface area contributed by atoms with Crippen LogP contribution in [0.1, 0.15) is 36.0 Å². The van der Waals surface area contributed by atoms with Gasteiger partial charge in [0.25, 0.3) is 0 Å². The lowest BCUT2D eigenvalue weighted by Gasteiger charge is -2.13. The third-order valence-electron chi connectivity index (χ3n) is 3.39. The van der Waals surface area contributed by atoms with E-state index in [9.17, 15) is 9.18 Å². The highest BCUT2D eigenvalue weighted by molar-refractivity contribution is 9.10. The monoisotopic (exact) mass is 345 g/mol. The molecule has 0 heterocycles. The van der Waals surface area contributed by atoms with Gasteiger partial charge in [-0.15, -0.1) is 0 Å². The van der Waals surface area contributed by atoms with Gasteiger partial charge in [-0.05, 0) is 40.9 Å². The first-order valence-corrected chi connectivity index (χ1v) is 7.45. The molecule has 0 aliphatic heterocycles. The Bertz CT molecular complexity index is 490. The van der Waals surface area contributed by atoms with Crippen LogP contribution in [0, 0.1) is 5.82 Å². The van der Waals surface area contributed by atoms with Crippen LogP contribution in [0.25, 0.3) is 0 Å². The molecule has 2 N–H and O–H groups in total. The highest BCUT2D eigenvalue weighted by Gasteiger charge is 2.16. The van der Waals surface area contributed by atoms with E-state index in [1.54, 1.807) is 0 Å². The van der Waals surface area contributed by atoms with Gasteiger partial charge in [-0.2, -0.15) is 0 Å². The Morgan fingerprint density at radius 1 is 1.45 bits per heavy atom. The lowest BCUT2D eigenvalue weighted by Crippen LogP contribution is -2.16. The Morgan fingerprint density at radius 2 is 2.15 bits per heavy atom. The largest absolute Gasteiger partial charge is 0.478 e. The number of aromatic carboxylic acids is 1. The minimum atomic E-state index is -1.16. The predicted molar refractivity (Wildman–Crippen MR) is 77.8 cm³/mol. The fourth-order valence-corrected chi connectivity index (χ4v) is 2.83. The molecule has 110 valence electrons. The van der Waals surface area contributed by atoms with Crippen LogP contribution in [0.3, 0.4) is 0 Å². The molecule has 1 aliphatic rings. The number of halogens is 2. The van der Waals surface area contributed by atoms with Gasteiger partial charge in [0.05, 0.1) is 28.4 Å². The molecule has 1 aromatic carbocycles. The highest BCUT2D eigenvalue weighted by atomic mass is 79.9. The van der Waals surface area contributed by atoms with E-state index >= 15 is 0 Å². The van der Waals surface area contributed by atoms with Crippen molar-refractivity contribution in [3.05, 3.63) is 28.0 Å². The standard InChI is InChI=1S/C14H17BrFNO3/c15-12-10(14(18)19)5-6-11(13(12)16)17-7-8-20-9-3-1-2-4-9/h5-6,9,17H,1-4,7-8H2,(H,18,19). The molecule has 4 nitrogen and oxygen atoms in total. The maximum absolute atomic E-state index is 13.9. The minimum Gasteiger partial charge on any atom is -0.478 e. The number of benzene rings is 1. The smallest absolute Gasteiger partial charge is 0.336 e. The topological polar surface area (TPSA) is 58.6 Å². The van der Waals surface area contributed by atoms with Gasteiger partial charge in [0.15, 0.2) is 5.82 Å². The number of carboxylic acids is 1. The molecule has 1 saturated carbocycles. The lowest BCUT2D eigenvalue weighted by atomic mass is 10.2. The maximum atomic E-state index is 13.9. The van der Waals surface area contributed by atoms with Crippen LogP contribution in [0.2, 0.25) is 0 Å². The third-order valence-corrected chi connectivity index (χ3v) is 4.16. The summed E-state index contributed by atoms with van der Waals surface area (Å²) in [5.74, 6) is -1.75. The Morgan fingerprint density at radius 3 is 2.80 bits per heavy atom. The molecular weight excluding hydrogens is 329 g/mol. The van der Waals surface area contributed by atoms with E-state index in [-0.39, 0.29) is 15.7 Å². The lowest BCUT2D eigenvalue weighted by molar-refractivity contribution is 0.0658. The Labute approximate surface area is 125 Å². The second-order valence-corrected chi connectivity index (χ2v) is 5.59. The molecular formula is C14H17BrFNO3. The summed E-state index contributed by atoms with van der Waals surface area (Å²) in [6, 6.07) is 2.80. The Balaban J connectivity index is 1.86. The molecule has 0 unspecified atom stereocenters. The highest BCUT2D eigenvalue weighted by Crippen LogP contribution is 2.27. The molecule has 0 spiro atoms. The average Bonchev–Trinajstić information content (AvgIpc) is 2.92. The van der Waals surface area contributed by atoms with Crippen molar-refractivity contribution in [3.63, 3.8) is 0 Å². The van der Waals surface area contributed by atoms with Crippen LogP contribution in [-0.4, -0.2) is 30.3 Å². The van der Waals surface area contributed by atoms with Gasteiger partial charge in [0.1, 0.15) is 0 Å². The van der Waals surface area contributed by atoms with Crippen LogP contribution < -0.4 is 5.32 Å². The van der Waals surface area contributed by atoms with Crippen LogP contribution >= 0.6 is 15.9 Å². The molecule has 1 aliphatic carbocycles. The third kappa shape index (κ3) is 3.70. The first-order valence-electron chi connectivity index (χ1n) is 6.66. The van der Waals surface area contributed by atoms with Gasteiger partial charge in [-0.3, -0.25) is 0 Å². The number of hydrogen-bond acceptors (Lipinski definition) is 3. The first kappa shape index (κ1) is 15.3. The molecule has 0 aromatic heterocycles. The van der Waals surface area contributed by atoms with Crippen molar-refractivity contribution >= 4 is 27.6 Å². The van der Waals surface area contributed by atoms with Crippen molar-refractivity contribution in [1.82, 2.24) is 0 Å². The summed E-state index contributed by atoms with van der Waals surface area (Å²) in [4.78, 5) is 10.9. The number of nitrogens with one attached hydrogen (secondary N) is 1. The Hall–Kier alpha value is -1.14. The van der Waals surface area contributed by atoms with Crippen molar-refractivity contribution < 1.29 is 19.0 Å². The van der Waals surface area contributed by atoms with Crippen molar-refractivity contribution in [2.75, 3.05) is 18.5 Å². The quantitative estimate of drug-likeness (QED) is 0.772. The molecule has 0 radical (unpaired) electrons. The van der Waals surface area contributed by atoms with E-state index in [2.05, 4.69) is 21.2 Å². The van der Waals surface area contributed by atoms with Gasteiger partial charge in [0.2, 0.25) is 0 Å². The number of carboxylic acid groups (broad SMARTS) is 1. The van der Waals surface area contributed by atoms with E-state index in [1.165, 1.54) is 25.0 Å². The first-order chi connectivity index (χ1) is 9.59. The SMILES string of the molecule is O=C(O)c1ccc(NCCOC2CCCC2)c(F)c1Br. The molecule has 0 amide bonds. The average molecular weight is 346 g/mol. The number of anilines is 1.